The molecule has 0 radical (unpaired) electrons. The Bertz CT molecular complexity index is 342. The summed E-state index contributed by atoms with van der Waals surface area (Å²) >= 11 is 3.40. The molecule has 1 aromatic heterocycles. The van der Waals surface area contributed by atoms with E-state index in [9.17, 15) is 0 Å². The molecule has 1 heterocycles. The Hall–Kier alpha value is -0.410. The van der Waals surface area contributed by atoms with Crippen LogP contribution < -0.4 is 5.73 Å². The fraction of sp³-hybridized carbons (Fsp3) is 0.643. The molecule has 0 aromatic carbocycles. The lowest BCUT2D eigenvalue weighted by Crippen LogP contribution is -2.34. The van der Waals surface area contributed by atoms with Crippen LogP contribution in [0.15, 0.2) is 22.8 Å². The average molecular weight is 297 g/mol. The largest absolute Gasteiger partial charge is 0.327 e. The maximum Gasteiger partial charge on any atom is 0.0420 e. The third-order valence-corrected chi connectivity index (χ3v) is 4.37. The van der Waals surface area contributed by atoms with Crippen LogP contribution in [0.2, 0.25) is 0 Å². The lowest BCUT2D eigenvalue weighted by Gasteiger charge is -2.30. The molecule has 0 bridgehead atoms. The van der Waals surface area contributed by atoms with E-state index in [1.165, 1.54) is 25.7 Å². The van der Waals surface area contributed by atoms with Gasteiger partial charge in [-0.15, -0.1) is 0 Å². The van der Waals surface area contributed by atoms with Crippen LogP contribution in [-0.4, -0.2) is 11.0 Å². The zero-order valence-electron chi connectivity index (χ0n) is 10.4. The van der Waals surface area contributed by atoms with E-state index < -0.39 is 0 Å². The summed E-state index contributed by atoms with van der Waals surface area (Å²) in [6.45, 7) is 2.35. The van der Waals surface area contributed by atoms with Crippen molar-refractivity contribution in [2.24, 2.45) is 17.6 Å². The van der Waals surface area contributed by atoms with Gasteiger partial charge >= 0.3 is 0 Å². The number of nitrogens with zero attached hydrogens (tertiary/aromatic N) is 1. The summed E-state index contributed by atoms with van der Waals surface area (Å²) in [5.74, 6) is 1.58. The van der Waals surface area contributed by atoms with Crippen LogP contribution in [0.1, 0.15) is 38.3 Å². The molecule has 1 aliphatic carbocycles. The quantitative estimate of drug-likeness (QED) is 0.926. The normalized spacial score (nSPS) is 26.8. The van der Waals surface area contributed by atoms with Crippen LogP contribution in [0, 0.1) is 11.8 Å². The second kappa shape index (κ2) is 5.96. The SMILES string of the molecule is CC1CCC(C(N)Cc2ccc(Br)cn2)CC1. The van der Waals surface area contributed by atoms with E-state index >= 15 is 0 Å². The highest BCUT2D eigenvalue weighted by atomic mass is 79.9. The molecule has 1 fully saturated rings. The number of pyridine rings is 1. The topological polar surface area (TPSA) is 38.9 Å². The first-order valence-corrected chi connectivity index (χ1v) is 7.30. The van der Waals surface area contributed by atoms with Gasteiger partial charge in [0.25, 0.3) is 0 Å². The van der Waals surface area contributed by atoms with Gasteiger partial charge in [-0.2, -0.15) is 0 Å². The molecule has 3 heteroatoms. The summed E-state index contributed by atoms with van der Waals surface area (Å²) < 4.78 is 1.03. The van der Waals surface area contributed by atoms with E-state index in [4.69, 9.17) is 5.73 Å². The van der Waals surface area contributed by atoms with Gasteiger partial charge in [-0.05, 0) is 52.7 Å². The van der Waals surface area contributed by atoms with E-state index in [0.717, 1.165) is 22.5 Å². The highest BCUT2D eigenvalue weighted by Gasteiger charge is 2.23. The van der Waals surface area contributed by atoms with Crippen molar-refractivity contribution in [1.29, 1.82) is 0 Å². The molecule has 94 valence electrons. The number of rotatable bonds is 3. The second-order valence-electron chi connectivity index (χ2n) is 5.36. The van der Waals surface area contributed by atoms with Crippen molar-refractivity contribution in [1.82, 2.24) is 4.98 Å². The molecule has 2 rings (SSSR count). The maximum atomic E-state index is 6.31. The number of hydrogen-bond donors (Lipinski definition) is 1. The predicted octanol–water partition coefficient (Wildman–Crippen LogP) is 3.54. The van der Waals surface area contributed by atoms with Crippen LogP contribution in [-0.2, 0) is 6.42 Å². The van der Waals surface area contributed by atoms with Crippen LogP contribution in [0.25, 0.3) is 0 Å². The van der Waals surface area contributed by atoms with Crippen molar-refractivity contribution in [3.8, 4) is 0 Å². The first kappa shape index (κ1) is 13.0. The van der Waals surface area contributed by atoms with E-state index in [1.807, 2.05) is 12.3 Å². The number of nitrogens with two attached hydrogens (primary N) is 1. The monoisotopic (exact) mass is 296 g/mol. The van der Waals surface area contributed by atoms with Gasteiger partial charge in [-0.3, -0.25) is 4.98 Å². The first-order valence-electron chi connectivity index (χ1n) is 6.51. The molecule has 1 atom stereocenters. The molecule has 1 aliphatic rings. The number of aromatic nitrogens is 1. The molecular weight excluding hydrogens is 276 g/mol. The fourth-order valence-electron chi connectivity index (χ4n) is 2.65. The zero-order valence-corrected chi connectivity index (χ0v) is 12.0. The van der Waals surface area contributed by atoms with Gasteiger partial charge in [-0.1, -0.05) is 19.8 Å². The van der Waals surface area contributed by atoms with Gasteiger partial charge in [0.2, 0.25) is 0 Å². The summed E-state index contributed by atoms with van der Waals surface area (Å²) in [6, 6.07) is 4.38. The van der Waals surface area contributed by atoms with E-state index in [2.05, 4.69) is 33.9 Å². The molecule has 2 nitrogen and oxygen atoms in total. The molecule has 0 aliphatic heterocycles. The maximum absolute atomic E-state index is 6.31. The predicted molar refractivity (Wildman–Crippen MR) is 74.7 cm³/mol. The molecule has 0 amide bonds. The molecule has 2 N–H and O–H groups in total. The summed E-state index contributed by atoms with van der Waals surface area (Å²) in [7, 11) is 0. The Morgan fingerprint density at radius 2 is 2.06 bits per heavy atom. The molecule has 0 saturated heterocycles. The number of halogens is 1. The molecule has 17 heavy (non-hydrogen) atoms. The molecule has 0 spiro atoms. The Labute approximate surface area is 112 Å². The third-order valence-electron chi connectivity index (χ3n) is 3.90. The summed E-state index contributed by atoms with van der Waals surface area (Å²) in [6.07, 6.45) is 8.02. The molecule has 1 saturated carbocycles. The van der Waals surface area contributed by atoms with Crippen LogP contribution in [0.4, 0.5) is 0 Å². The van der Waals surface area contributed by atoms with Gasteiger partial charge in [0.1, 0.15) is 0 Å². The third kappa shape index (κ3) is 3.78. The lowest BCUT2D eigenvalue weighted by atomic mass is 9.78. The fourth-order valence-corrected chi connectivity index (χ4v) is 2.88. The van der Waals surface area contributed by atoms with Gasteiger partial charge in [-0.25, -0.2) is 0 Å². The standard InChI is InChI=1S/C14H21BrN2/c1-10-2-4-11(5-3-10)14(16)8-13-7-6-12(15)9-17-13/h6-7,9-11,14H,2-5,8,16H2,1H3. The minimum absolute atomic E-state index is 0.274. The van der Waals surface area contributed by atoms with Crippen LogP contribution >= 0.6 is 15.9 Å². The van der Waals surface area contributed by atoms with Crippen molar-refractivity contribution in [2.45, 2.75) is 45.1 Å². The van der Waals surface area contributed by atoms with Crippen molar-refractivity contribution < 1.29 is 0 Å². The molecular formula is C14H21BrN2. The van der Waals surface area contributed by atoms with E-state index in [1.54, 1.807) is 0 Å². The number of hydrogen-bond acceptors (Lipinski definition) is 2. The van der Waals surface area contributed by atoms with Gasteiger partial charge in [0.15, 0.2) is 0 Å². The Balaban J connectivity index is 1.88. The highest BCUT2D eigenvalue weighted by Crippen LogP contribution is 2.30. The van der Waals surface area contributed by atoms with Crippen LogP contribution in [0.5, 0.6) is 0 Å². The van der Waals surface area contributed by atoms with Crippen molar-refractivity contribution >= 4 is 15.9 Å². The van der Waals surface area contributed by atoms with Gasteiger partial charge in [0.05, 0.1) is 0 Å². The lowest BCUT2D eigenvalue weighted by molar-refractivity contribution is 0.253. The summed E-state index contributed by atoms with van der Waals surface area (Å²) in [4.78, 5) is 4.40. The Morgan fingerprint density at radius 1 is 1.35 bits per heavy atom. The zero-order chi connectivity index (χ0) is 12.3. The smallest absolute Gasteiger partial charge is 0.0420 e. The molecule has 1 unspecified atom stereocenters. The molecule has 1 aromatic rings. The highest BCUT2D eigenvalue weighted by molar-refractivity contribution is 9.10. The first-order chi connectivity index (χ1) is 8.15. The van der Waals surface area contributed by atoms with E-state index in [0.29, 0.717) is 5.92 Å². The van der Waals surface area contributed by atoms with Gasteiger partial charge < -0.3 is 5.73 Å². The van der Waals surface area contributed by atoms with Crippen molar-refractivity contribution in [2.75, 3.05) is 0 Å². The summed E-state index contributed by atoms with van der Waals surface area (Å²) in [5, 5.41) is 0. The minimum atomic E-state index is 0.274. The Kier molecular flexibility index (Phi) is 4.57. The van der Waals surface area contributed by atoms with Crippen molar-refractivity contribution in [3.63, 3.8) is 0 Å². The van der Waals surface area contributed by atoms with Gasteiger partial charge in [0, 0.05) is 28.8 Å². The second-order valence-corrected chi connectivity index (χ2v) is 6.27. The average Bonchev–Trinajstić information content (AvgIpc) is 2.33. The van der Waals surface area contributed by atoms with Crippen molar-refractivity contribution in [3.05, 3.63) is 28.5 Å². The summed E-state index contributed by atoms with van der Waals surface area (Å²) in [5.41, 5.74) is 7.42. The Morgan fingerprint density at radius 3 is 2.65 bits per heavy atom. The van der Waals surface area contributed by atoms with Crippen LogP contribution in [0.3, 0.4) is 0 Å². The van der Waals surface area contributed by atoms with E-state index in [-0.39, 0.29) is 6.04 Å². The minimum Gasteiger partial charge on any atom is -0.327 e.